The van der Waals surface area contributed by atoms with Crippen molar-refractivity contribution in [2.24, 2.45) is 0 Å². The van der Waals surface area contributed by atoms with Crippen molar-refractivity contribution in [3.05, 3.63) is 57.0 Å². The van der Waals surface area contributed by atoms with Crippen molar-refractivity contribution in [3.8, 4) is 5.75 Å². The Hall–Kier alpha value is -1.33. The number of hydrogen-bond donors (Lipinski definition) is 1. The molecule has 0 saturated heterocycles. The number of benzene rings is 2. The lowest BCUT2D eigenvalue weighted by Crippen LogP contribution is -2.13. The molecule has 0 aliphatic heterocycles. The van der Waals surface area contributed by atoms with E-state index in [1.54, 1.807) is 0 Å². The SMILES string of the molecule is Cc1ccc(OCCCC(=O)Nc2ccccc2Br)c(Br)c1. The van der Waals surface area contributed by atoms with Gasteiger partial charge in [-0.05, 0) is 75.0 Å². The third-order valence-corrected chi connectivity index (χ3v) is 4.35. The maximum Gasteiger partial charge on any atom is 0.224 e. The van der Waals surface area contributed by atoms with Gasteiger partial charge < -0.3 is 10.1 Å². The Kier molecular flexibility index (Phi) is 6.46. The summed E-state index contributed by atoms with van der Waals surface area (Å²) >= 11 is 6.88. The van der Waals surface area contributed by atoms with Gasteiger partial charge >= 0.3 is 0 Å². The van der Waals surface area contributed by atoms with Crippen LogP contribution in [0.1, 0.15) is 18.4 Å². The van der Waals surface area contributed by atoms with E-state index in [4.69, 9.17) is 4.74 Å². The Balaban J connectivity index is 1.74. The molecule has 0 radical (unpaired) electrons. The summed E-state index contributed by atoms with van der Waals surface area (Å²) in [7, 11) is 0. The third kappa shape index (κ3) is 5.14. The van der Waals surface area contributed by atoms with Gasteiger partial charge in [-0.2, -0.15) is 0 Å². The molecular formula is C17H17Br2NO2. The first-order valence-electron chi connectivity index (χ1n) is 6.99. The van der Waals surface area contributed by atoms with Gasteiger partial charge in [0.2, 0.25) is 5.91 Å². The minimum atomic E-state index is -0.0153. The number of para-hydroxylation sites is 1. The number of halogens is 2. The van der Waals surface area contributed by atoms with Crippen LogP contribution in [-0.2, 0) is 4.79 Å². The van der Waals surface area contributed by atoms with E-state index in [2.05, 4.69) is 37.2 Å². The van der Waals surface area contributed by atoms with Gasteiger partial charge in [-0.1, -0.05) is 18.2 Å². The van der Waals surface area contributed by atoms with Crippen LogP contribution in [0.3, 0.4) is 0 Å². The van der Waals surface area contributed by atoms with E-state index in [0.717, 1.165) is 20.4 Å². The molecule has 3 nitrogen and oxygen atoms in total. The van der Waals surface area contributed by atoms with E-state index in [0.29, 0.717) is 19.4 Å². The number of carbonyl (C=O) groups excluding carboxylic acids is 1. The first-order valence-corrected chi connectivity index (χ1v) is 8.58. The molecule has 1 N–H and O–H groups in total. The Morgan fingerprint density at radius 3 is 2.64 bits per heavy atom. The summed E-state index contributed by atoms with van der Waals surface area (Å²) in [5.41, 5.74) is 1.96. The molecule has 116 valence electrons. The summed E-state index contributed by atoms with van der Waals surface area (Å²) in [6.07, 6.45) is 1.08. The van der Waals surface area contributed by atoms with Crippen LogP contribution in [0.2, 0.25) is 0 Å². The molecule has 2 aromatic rings. The Labute approximate surface area is 147 Å². The molecule has 5 heteroatoms. The van der Waals surface area contributed by atoms with Crippen molar-refractivity contribution in [1.82, 2.24) is 0 Å². The van der Waals surface area contributed by atoms with Crippen molar-refractivity contribution in [2.45, 2.75) is 19.8 Å². The zero-order valence-electron chi connectivity index (χ0n) is 12.2. The summed E-state index contributed by atoms with van der Waals surface area (Å²) in [6, 6.07) is 13.5. The lowest BCUT2D eigenvalue weighted by atomic mass is 10.2. The lowest BCUT2D eigenvalue weighted by Gasteiger charge is -2.09. The number of nitrogens with one attached hydrogen (secondary N) is 1. The highest BCUT2D eigenvalue weighted by molar-refractivity contribution is 9.11. The fourth-order valence-electron chi connectivity index (χ4n) is 1.91. The minimum Gasteiger partial charge on any atom is -0.492 e. The van der Waals surface area contributed by atoms with Gasteiger partial charge in [0, 0.05) is 10.9 Å². The van der Waals surface area contributed by atoms with E-state index in [-0.39, 0.29) is 5.91 Å². The maximum atomic E-state index is 11.9. The van der Waals surface area contributed by atoms with Crippen LogP contribution < -0.4 is 10.1 Å². The minimum absolute atomic E-state index is 0.0153. The van der Waals surface area contributed by atoms with E-state index >= 15 is 0 Å². The molecule has 22 heavy (non-hydrogen) atoms. The summed E-state index contributed by atoms with van der Waals surface area (Å²) in [4.78, 5) is 11.9. The quantitative estimate of drug-likeness (QED) is 0.635. The van der Waals surface area contributed by atoms with Gasteiger partial charge in [0.1, 0.15) is 5.75 Å². The van der Waals surface area contributed by atoms with Gasteiger partial charge in [0.05, 0.1) is 16.8 Å². The van der Waals surface area contributed by atoms with Gasteiger partial charge in [0.15, 0.2) is 0 Å². The monoisotopic (exact) mass is 425 g/mol. The van der Waals surface area contributed by atoms with Gasteiger partial charge in [0.25, 0.3) is 0 Å². The fraction of sp³-hybridized carbons (Fsp3) is 0.235. The molecule has 2 rings (SSSR count). The summed E-state index contributed by atoms with van der Waals surface area (Å²) in [5.74, 6) is 0.787. The van der Waals surface area contributed by atoms with Gasteiger partial charge in [-0.3, -0.25) is 4.79 Å². The number of ether oxygens (including phenoxy) is 1. The van der Waals surface area contributed by atoms with Gasteiger partial charge in [-0.15, -0.1) is 0 Å². The smallest absolute Gasteiger partial charge is 0.224 e. The van der Waals surface area contributed by atoms with Gasteiger partial charge in [-0.25, -0.2) is 0 Å². The van der Waals surface area contributed by atoms with E-state index in [1.807, 2.05) is 49.4 Å². The molecule has 0 unspecified atom stereocenters. The number of carbonyl (C=O) groups is 1. The van der Waals surface area contributed by atoms with E-state index < -0.39 is 0 Å². The Morgan fingerprint density at radius 1 is 1.14 bits per heavy atom. The standard InChI is InChI=1S/C17H17Br2NO2/c1-12-8-9-16(14(19)11-12)22-10-4-7-17(21)20-15-6-3-2-5-13(15)18/h2-3,5-6,8-9,11H,4,7,10H2,1H3,(H,20,21). The van der Waals surface area contributed by atoms with Crippen molar-refractivity contribution in [1.29, 1.82) is 0 Å². The molecule has 0 fully saturated rings. The molecule has 1 amide bonds. The van der Waals surface area contributed by atoms with Crippen LogP contribution in [0, 0.1) is 6.92 Å². The molecule has 0 bridgehead atoms. The molecule has 0 aliphatic rings. The van der Waals surface area contributed by atoms with Crippen molar-refractivity contribution in [2.75, 3.05) is 11.9 Å². The molecule has 0 heterocycles. The highest BCUT2D eigenvalue weighted by Gasteiger charge is 2.06. The Morgan fingerprint density at radius 2 is 1.91 bits per heavy atom. The second kappa shape index (κ2) is 8.34. The summed E-state index contributed by atoms with van der Waals surface area (Å²) < 4.78 is 7.49. The second-order valence-electron chi connectivity index (χ2n) is 4.91. The molecule has 0 aliphatic carbocycles. The van der Waals surface area contributed by atoms with Crippen molar-refractivity contribution < 1.29 is 9.53 Å². The zero-order valence-corrected chi connectivity index (χ0v) is 15.4. The third-order valence-electron chi connectivity index (χ3n) is 3.04. The summed E-state index contributed by atoms with van der Waals surface area (Å²) in [6.45, 7) is 2.53. The number of anilines is 1. The molecule has 0 saturated carbocycles. The van der Waals surface area contributed by atoms with E-state index in [9.17, 15) is 4.79 Å². The topological polar surface area (TPSA) is 38.3 Å². The number of hydrogen-bond acceptors (Lipinski definition) is 2. The maximum absolute atomic E-state index is 11.9. The average molecular weight is 427 g/mol. The first kappa shape index (κ1) is 17.0. The van der Waals surface area contributed by atoms with E-state index in [1.165, 1.54) is 5.56 Å². The molecular weight excluding hydrogens is 410 g/mol. The average Bonchev–Trinajstić information content (AvgIpc) is 2.48. The molecule has 0 atom stereocenters. The van der Waals surface area contributed by atoms with Crippen LogP contribution in [0.25, 0.3) is 0 Å². The van der Waals surface area contributed by atoms with Crippen LogP contribution in [-0.4, -0.2) is 12.5 Å². The highest BCUT2D eigenvalue weighted by Crippen LogP contribution is 2.26. The largest absolute Gasteiger partial charge is 0.492 e. The predicted octanol–water partition coefficient (Wildman–Crippen LogP) is 5.32. The first-order chi connectivity index (χ1) is 10.6. The lowest BCUT2D eigenvalue weighted by molar-refractivity contribution is -0.116. The number of rotatable bonds is 6. The number of amides is 1. The fourth-order valence-corrected chi connectivity index (χ4v) is 2.90. The normalized spacial score (nSPS) is 10.3. The van der Waals surface area contributed by atoms with Crippen LogP contribution in [0.4, 0.5) is 5.69 Å². The second-order valence-corrected chi connectivity index (χ2v) is 6.62. The van der Waals surface area contributed by atoms with Crippen molar-refractivity contribution in [3.63, 3.8) is 0 Å². The zero-order chi connectivity index (χ0) is 15.9. The van der Waals surface area contributed by atoms with Crippen LogP contribution >= 0.6 is 31.9 Å². The number of aryl methyl sites for hydroxylation is 1. The predicted molar refractivity (Wildman–Crippen MR) is 96.4 cm³/mol. The molecule has 0 spiro atoms. The molecule has 0 aromatic heterocycles. The van der Waals surface area contributed by atoms with Crippen molar-refractivity contribution >= 4 is 43.5 Å². The summed E-state index contributed by atoms with van der Waals surface area (Å²) in [5, 5.41) is 2.88. The molecule has 2 aromatic carbocycles. The van der Waals surface area contributed by atoms with Crippen LogP contribution in [0.15, 0.2) is 51.4 Å². The highest BCUT2D eigenvalue weighted by atomic mass is 79.9. The van der Waals surface area contributed by atoms with Crippen LogP contribution in [0.5, 0.6) is 5.75 Å². The Bertz CT molecular complexity index is 659.